The Labute approximate surface area is 106 Å². The molecule has 0 fully saturated rings. The third-order valence-corrected chi connectivity index (χ3v) is 3.08. The lowest BCUT2D eigenvalue weighted by atomic mass is 10.1. The van der Waals surface area contributed by atoms with Gasteiger partial charge in [0, 0.05) is 19.6 Å². The van der Waals surface area contributed by atoms with Crippen LogP contribution in [0.2, 0.25) is 0 Å². The Balaban J connectivity index is 2.46. The summed E-state index contributed by atoms with van der Waals surface area (Å²) < 4.78 is 0. The van der Waals surface area contributed by atoms with Gasteiger partial charge in [-0.25, -0.2) is 0 Å². The van der Waals surface area contributed by atoms with E-state index in [-0.39, 0.29) is 0 Å². The molecule has 1 aromatic rings. The molecule has 0 aliphatic carbocycles. The molecular formula is C15H26N2. The van der Waals surface area contributed by atoms with E-state index in [0.717, 1.165) is 12.5 Å². The Kier molecular flexibility index (Phi) is 6.23. The highest BCUT2D eigenvalue weighted by molar-refractivity contribution is 5.23. The van der Waals surface area contributed by atoms with Crippen molar-refractivity contribution < 1.29 is 0 Å². The van der Waals surface area contributed by atoms with E-state index in [2.05, 4.69) is 50.1 Å². The average Bonchev–Trinajstić information content (AvgIpc) is 2.29. The molecule has 0 aliphatic rings. The predicted molar refractivity (Wildman–Crippen MR) is 74.7 cm³/mol. The molecule has 0 amide bonds. The zero-order valence-corrected chi connectivity index (χ0v) is 11.4. The Morgan fingerprint density at radius 2 is 2.00 bits per heavy atom. The van der Waals surface area contributed by atoms with Crippen LogP contribution in [0.4, 0.5) is 0 Å². The summed E-state index contributed by atoms with van der Waals surface area (Å²) in [6, 6.07) is 8.57. The molecular weight excluding hydrogens is 208 g/mol. The van der Waals surface area contributed by atoms with Gasteiger partial charge in [0.15, 0.2) is 0 Å². The summed E-state index contributed by atoms with van der Waals surface area (Å²) in [6.45, 7) is 7.39. The van der Waals surface area contributed by atoms with Crippen LogP contribution in [0.15, 0.2) is 24.3 Å². The maximum Gasteiger partial charge on any atom is 0.0230 e. The Morgan fingerprint density at radius 1 is 1.29 bits per heavy atom. The molecule has 1 aromatic carbocycles. The van der Waals surface area contributed by atoms with Crippen LogP contribution in [0.3, 0.4) is 0 Å². The molecule has 0 saturated heterocycles. The fourth-order valence-corrected chi connectivity index (χ4v) is 2.35. The standard InChI is InChI=1S/C15H26N2/c1-4-6-13(2)11-17(3)12-15-8-5-7-14(9-15)10-16/h5,7-9,13H,4,6,10-12,16H2,1-3H3. The fourth-order valence-electron chi connectivity index (χ4n) is 2.35. The van der Waals surface area contributed by atoms with Gasteiger partial charge in [-0.05, 0) is 30.5 Å². The van der Waals surface area contributed by atoms with E-state index in [4.69, 9.17) is 5.73 Å². The lowest BCUT2D eigenvalue weighted by Gasteiger charge is -2.21. The van der Waals surface area contributed by atoms with Crippen molar-refractivity contribution in [1.29, 1.82) is 0 Å². The summed E-state index contributed by atoms with van der Waals surface area (Å²) in [4.78, 5) is 2.40. The van der Waals surface area contributed by atoms with Crippen molar-refractivity contribution in [2.45, 2.75) is 39.8 Å². The second-order valence-corrected chi connectivity index (χ2v) is 5.11. The van der Waals surface area contributed by atoms with Crippen LogP contribution in [-0.4, -0.2) is 18.5 Å². The molecule has 0 aliphatic heterocycles. The van der Waals surface area contributed by atoms with E-state index in [1.54, 1.807) is 0 Å². The van der Waals surface area contributed by atoms with Crippen LogP contribution in [-0.2, 0) is 13.1 Å². The maximum absolute atomic E-state index is 5.66. The van der Waals surface area contributed by atoms with Crippen molar-refractivity contribution in [2.75, 3.05) is 13.6 Å². The van der Waals surface area contributed by atoms with Crippen molar-refractivity contribution in [2.24, 2.45) is 11.7 Å². The third kappa shape index (κ3) is 5.33. The molecule has 2 nitrogen and oxygen atoms in total. The number of rotatable bonds is 7. The van der Waals surface area contributed by atoms with Gasteiger partial charge in [0.25, 0.3) is 0 Å². The van der Waals surface area contributed by atoms with Gasteiger partial charge < -0.3 is 10.6 Å². The minimum atomic E-state index is 0.629. The molecule has 0 spiro atoms. The average molecular weight is 234 g/mol. The molecule has 0 saturated carbocycles. The van der Waals surface area contributed by atoms with E-state index in [1.807, 2.05) is 0 Å². The van der Waals surface area contributed by atoms with Crippen molar-refractivity contribution in [3.05, 3.63) is 35.4 Å². The summed E-state index contributed by atoms with van der Waals surface area (Å²) in [6.07, 6.45) is 2.59. The van der Waals surface area contributed by atoms with Gasteiger partial charge in [0.2, 0.25) is 0 Å². The van der Waals surface area contributed by atoms with Gasteiger partial charge in [-0.15, -0.1) is 0 Å². The van der Waals surface area contributed by atoms with Crippen molar-refractivity contribution >= 4 is 0 Å². The molecule has 0 radical (unpaired) electrons. The van der Waals surface area contributed by atoms with Crippen LogP contribution in [0.5, 0.6) is 0 Å². The predicted octanol–water partition coefficient (Wildman–Crippen LogP) is 3.01. The molecule has 2 heteroatoms. The van der Waals surface area contributed by atoms with E-state index < -0.39 is 0 Å². The summed E-state index contributed by atoms with van der Waals surface area (Å²) in [5, 5.41) is 0. The first-order chi connectivity index (χ1) is 8.15. The molecule has 2 N–H and O–H groups in total. The smallest absolute Gasteiger partial charge is 0.0230 e. The van der Waals surface area contributed by atoms with Gasteiger partial charge in [-0.3, -0.25) is 0 Å². The van der Waals surface area contributed by atoms with Gasteiger partial charge in [-0.1, -0.05) is 44.5 Å². The first-order valence-electron chi connectivity index (χ1n) is 6.62. The number of nitrogens with two attached hydrogens (primary N) is 1. The maximum atomic E-state index is 5.66. The molecule has 0 bridgehead atoms. The Bertz CT molecular complexity index is 322. The highest BCUT2D eigenvalue weighted by Gasteiger charge is 2.06. The zero-order chi connectivity index (χ0) is 12.7. The molecule has 1 unspecified atom stereocenters. The van der Waals surface area contributed by atoms with Gasteiger partial charge in [0.1, 0.15) is 0 Å². The third-order valence-electron chi connectivity index (χ3n) is 3.08. The highest BCUT2D eigenvalue weighted by atomic mass is 15.1. The number of hydrogen-bond acceptors (Lipinski definition) is 2. The number of hydrogen-bond donors (Lipinski definition) is 1. The largest absolute Gasteiger partial charge is 0.326 e. The summed E-state index contributed by atoms with van der Waals surface area (Å²) >= 11 is 0. The van der Waals surface area contributed by atoms with Crippen LogP contribution in [0.25, 0.3) is 0 Å². The van der Waals surface area contributed by atoms with E-state index in [1.165, 1.54) is 30.5 Å². The molecule has 0 aromatic heterocycles. The van der Waals surface area contributed by atoms with Gasteiger partial charge in [-0.2, -0.15) is 0 Å². The minimum absolute atomic E-state index is 0.629. The zero-order valence-electron chi connectivity index (χ0n) is 11.4. The topological polar surface area (TPSA) is 29.3 Å². The molecule has 1 rings (SSSR count). The Hall–Kier alpha value is -0.860. The summed E-state index contributed by atoms with van der Waals surface area (Å²) in [5.41, 5.74) is 8.24. The second-order valence-electron chi connectivity index (χ2n) is 5.11. The van der Waals surface area contributed by atoms with Crippen molar-refractivity contribution in [1.82, 2.24) is 4.90 Å². The minimum Gasteiger partial charge on any atom is -0.326 e. The lowest BCUT2D eigenvalue weighted by Crippen LogP contribution is -2.24. The SMILES string of the molecule is CCCC(C)CN(C)Cc1cccc(CN)c1. The summed E-state index contributed by atoms with van der Waals surface area (Å²) in [7, 11) is 2.20. The van der Waals surface area contributed by atoms with Gasteiger partial charge in [0.05, 0.1) is 0 Å². The monoisotopic (exact) mass is 234 g/mol. The summed E-state index contributed by atoms with van der Waals surface area (Å²) in [5.74, 6) is 0.780. The van der Waals surface area contributed by atoms with E-state index >= 15 is 0 Å². The van der Waals surface area contributed by atoms with Crippen LogP contribution in [0, 0.1) is 5.92 Å². The van der Waals surface area contributed by atoms with Crippen molar-refractivity contribution in [3.8, 4) is 0 Å². The normalized spacial score (nSPS) is 13.0. The number of nitrogens with zero attached hydrogens (tertiary/aromatic N) is 1. The van der Waals surface area contributed by atoms with Crippen LogP contribution in [0.1, 0.15) is 37.8 Å². The number of benzene rings is 1. The molecule has 1 atom stereocenters. The quantitative estimate of drug-likeness (QED) is 0.786. The molecule has 0 heterocycles. The van der Waals surface area contributed by atoms with Crippen LogP contribution >= 0.6 is 0 Å². The van der Waals surface area contributed by atoms with E-state index in [0.29, 0.717) is 6.54 Å². The van der Waals surface area contributed by atoms with Gasteiger partial charge >= 0.3 is 0 Å². The molecule has 17 heavy (non-hydrogen) atoms. The van der Waals surface area contributed by atoms with Crippen LogP contribution < -0.4 is 5.73 Å². The lowest BCUT2D eigenvalue weighted by molar-refractivity contribution is 0.270. The first kappa shape index (κ1) is 14.2. The van der Waals surface area contributed by atoms with Crippen molar-refractivity contribution in [3.63, 3.8) is 0 Å². The first-order valence-corrected chi connectivity index (χ1v) is 6.62. The molecule has 96 valence electrons. The second kappa shape index (κ2) is 7.46. The highest BCUT2D eigenvalue weighted by Crippen LogP contribution is 2.11. The fraction of sp³-hybridized carbons (Fsp3) is 0.600. The Morgan fingerprint density at radius 3 is 2.65 bits per heavy atom. The van der Waals surface area contributed by atoms with E-state index in [9.17, 15) is 0 Å².